The van der Waals surface area contributed by atoms with Gasteiger partial charge in [-0.1, -0.05) is 27.7 Å². The molecule has 0 aliphatic heterocycles. The van der Waals surface area contributed by atoms with Crippen molar-refractivity contribution >= 4 is 14.5 Å². The van der Waals surface area contributed by atoms with Crippen molar-refractivity contribution in [3.8, 4) is 0 Å². The largest absolute Gasteiger partial charge is 0.427 e. The smallest absolute Gasteiger partial charge is 0.399 e. The molecule has 0 aromatic heterocycles. The van der Waals surface area contributed by atoms with Crippen molar-refractivity contribution in [2.45, 2.75) is 33.7 Å². The maximum Gasteiger partial charge on any atom is 0.427 e. The number of nitrogens with one attached hydrogen (secondary N) is 1. The van der Waals surface area contributed by atoms with Crippen molar-refractivity contribution in [2.75, 3.05) is 6.54 Å². The Morgan fingerprint density at radius 2 is 1.79 bits per heavy atom. The van der Waals surface area contributed by atoms with Crippen molar-refractivity contribution in [1.29, 1.82) is 0 Å². The van der Waals surface area contributed by atoms with Crippen LogP contribution in [0.4, 0.5) is 0 Å². The van der Waals surface area contributed by atoms with E-state index in [0.29, 0.717) is 12.5 Å². The molecule has 0 saturated heterocycles. The van der Waals surface area contributed by atoms with Crippen LogP contribution in [-0.2, 0) is 4.79 Å². The van der Waals surface area contributed by atoms with Gasteiger partial charge in [0.25, 0.3) is 0 Å². The average Bonchev–Trinajstić information content (AvgIpc) is 2.00. The maximum atomic E-state index is 11.3. The first-order chi connectivity index (χ1) is 6.24. The van der Waals surface area contributed by atoms with Gasteiger partial charge in [0.15, 0.2) is 0 Å². The van der Waals surface area contributed by atoms with Crippen molar-refractivity contribution in [1.82, 2.24) is 4.98 Å². The normalized spacial score (nSPS) is 12.6. The summed E-state index contributed by atoms with van der Waals surface area (Å²) in [5, 5.41) is 0. The summed E-state index contributed by atoms with van der Waals surface area (Å²) in [4.78, 5) is 33.0. The standard InChI is InChI=1S/C9H21NO3Si/c1-7(2)5-10-14(12,13)6-9(11)8(3)4/h7-8,10,12-13H,5-6H2,1-4H3. The van der Waals surface area contributed by atoms with Gasteiger partial charge in [0.2, 0.25) is 0 Å². The van der Waals surface area contributed by atoms with Crippen LogP contribution in [0.1, 0.15) is 27.7 Å². The molecular weight excluding hydrogens is 198 g/mol. The third-order valence-corrected chi connectivity index (χ3v) is 3.47. The lowest BCUT2D eigenvalue weighted by Gasteiger charge is -2.20. The van der Waals surface area contributed by atoms with Crippen molar-refractivity contribution in [3.05, 3.63) is 0 Å². The van der Waals surface area contributed by atoms with Crippen LogP contribution in [0.5, 0.6) is 0 Å². The van der Waals surface area contributed by atoms with E-state index in [2.05, 4.69) is 4.98 Å². The molecular formula is C9H21NO3Si. The second kappa shape index (κ2) is 5.60. The minimum Gasteiger partial charge on any atom is -0.399 e. The van der Waals surface area contributed by atoms with E-state index in [4.69, 9.17) is 0 Å². The Hall–Kier alpha value is -0.233. The molecule has 14 heavy (non-hydrogen) atoms. The summed E-state index contributed by atoms with van der Waals surface area (Å²) in [6.45, 7) is 8.00. The van der Waals surface area contributed by atoms with E-state index in [1.165, 1.54) is 0 Å². The number of rotatable bonds is 6. The van der Waals surface area contributed by atoms with Crippen LogP contribution < -0.4 is 4.98 Å². The molecule has 0 aliphatic carbocycles. The predicted molar refractivity (Wildman–Crippen MR) is 57.7 cm³/mol. The van der Waals surface area contributed by atoms with Crippen molar-refractivity contribution < 1.29 is 14.4 Å². The lowest BCUT2D eigenvalue weighted by Crippen LogP contribution is -2.54. The molecule has 0 spiro atoms. The van der Waals surface area contributed by atoms with Gasteiger partial charge in [-0.25, -0.2) is 0 Å². The molecule has 0 aromatic carbocycles. The molecule has 84 valence electrons. The molecule has 0 bridgehead atoms. The Balaban J connectivity index is 4.00. The summed E-state index contributed by atoms with van der Waals surface area (Å²) < 4.78 is 0. The van der Waals surface area contributed by atoms with E-state index >= 15 is 0 Å². The van der Waals surface area contributed by atoms with Gasteiger partial charge in [0.05, 0.1) is 6.04 Å². The first-order valence-electron chi connectivity index (χ1n) is 4.97. The van der Waals surface area contributed by atoms with E-state index in [1.807, 2.05) is 13.8 Å². The van der Waals surface area contributed by atoms with Gasteiger partial charge in [0, 0.05) is 5.92 Å². The summed E-state index contributed by atoms with van der Waals surface area (Å²) in [6.07, 6.45) is 0. The highest BCUT2D eigenvalue weighted by Gasteiger charge is 2.33. The second-order valence-electron chi connectivity index (χ2n) is 4.39. The average molecular weight is 219 g/mol. The second-order valence-corrected chi connectivity index (χ2v) is 6.73. The van der Waals surface area contributed by atoms with Crippen LogP contribution in [0, 0.1) is 11.8 Å². The monoisotopic (exact) mass is 219 g/mol. The minimum atomic E-state index is -3.49. The maximum absolute atomic E-state index is 11.3. The Bertz CT molecular complexity index is 192. The molecule has 0 rings (SSSR count). The molecule has 0 heterocycles. The van der Waals surface area contributed by atoms with Crippen LogP contribution in [0.2, 0.25) is 6.04 Å². The fourth-order valence-electron chi connectivity index (χ4n) is 0.877. The van der Waals surface area contributed by atoms with Gasteiger partial charge < -0.3 is 9.59 Å². The SMILES string of the molecule is CC(C)CN[Si](O)(O)CC(=O)C(C)C. The number of carbonyl (C=O) groups is 1. The van der Waals surface area contributed by atoms with E-state index in [0.717, 1.165) is 0 Å². The lowest BCUT2D eigenvalue weighted by molar-refractivity contribution is -0.120. The Labute approximate surface area is 86.7 Å². The summed E-state index contributed by atoms with van der Waals surface area (Å²) in [7, 11) is -3.49. The molecule has 0 aromatic rings. The van der Waals surface area contributed by atoms with Crippen LogP contribution in [-0.4, -0.2) is 30.6 Å². The van der Waals surface area contributed by atoms with Gasteiger partial charge >= 0.3 is 8.72 Å². The first kappa shape index (κ1) is 13.8. The molecule has 3 N–H and O–H groups in total. The molecule has 5 heteroatoms. The van der Waals surface area contributed by atoms with Crippen molar-refractivity contribution in [3.63, 3.8) is 0 Å². The first-order valence-corrected chi connectivity index (χ1v) is 7.07. The van der Waals surface area contributed by atoms with Gasteiger partial charge in [-0.2, -0.15) is 0 Å². The fraction of sp³-hybridized carbons (Fsp3) is 0.889. The highest BCUT2D eigenvalue weighted by molar-refractivity contribution is 6.65. The van der Waals surface area contributed by atoms with E-state index in [9.17, 15) is 14.4 Å². The number of ketones is 1. The van der Waals surface area contributed by atoms with E-state index in [1.54, 1.807) is 13.8 Å². The molecule has 0 amide bonds. The zero-order valence-corrected chi connectivity index (χ0v) is 10.4. The number of carbonyl (C=O) groups excluding carboxylic acids is 1. The highest BCUT2D eigenvalue weighted by atomic mass is 28.4. The molecule has 0 saturated carbocycles. The molecule has 0 atom stereocenters. The third-order valence-electron chi connectivity index (χ3n) is 1.86. The summed E-state index contributed by atoms with van der Waals surface area (Å²) in [6, 6.07) is -0.128. The van der Waals surface area contributed by atoms with Gasteiger partial charge in [0.1, 0.15) is 5.78 Å². The predicted octanol–water partition coefficient (Wildman–Crippen LogP) is 0.381. The quantitative estimate of drug-likeness (QED) is 0.565. The number of Topliss-reactive ketones (excluding diaryl/α,β-unsaturated/α-hetero) is 1. The van der Waals surface area contributed by atoms with Gasteiger partial charge in [-0.05, 0) is 12.5 Å². The third kappa shape index (κ3) is 6.26. The van der Waals surface area contributed by atoms with Crippen LogP contribution in [0.3, 0.4) is 0 Å². The zero-order valence-electron chi connectivity index (χ0n) is 9.37. The Kier molecular flexibility index (Phi) is 5.51. The van der Waals surface area contributed by atoms with Crippen LogP contribution in [0.25, 0.3) is 0 Å². The summed E-state index contributed by atoms with van der Waals surface area (Å²) in [5.74, 6) is 0.107. The van der Waals surface area contributed by atoms with Gasteiger partial charge in [-0.3, -0.25) is 9.78 Å². The molecule has 0 radical (unpaired) electrons. The van der Waals surface area contributed by atoms with Crippen molar-refractivity contribution in [2.24, 2.45) is 11.8 Å². The summed E-state index contributed by atoms with van der Waals surface area (Å²) in [5.41, 5.74) is 0. The number of hydrogen-bond acceptors (Lipinski definition) is 4. The van der Waals surface area contributed by atoms with E-state index < -0.39 is 8.72 Å². The molecule has 0 aliphatic rings. The van der Waals surface area contributed by atoms with Crippen LogP contribution in [0.15, 0.2) is 0 Å². The minimum absolute atomic E-state index is 0.0991. The molecule has 4 nitrogen and oxygen atoms in total. The van der Waals surface area contributed by atoms with Crippen LogP contribution >= 0.6 is 0 Å². The lowest BCUT2D eigenvalue weighted by atomic mass is 10.1. The zero-order chi connectivity index (χ0) is 11.4. The molecule has 0 unspecified atom stereocenters. The Morgan fingerprint density at radius 1 is 1.29 bits per heavy atom. The molecule has 0 fully saturated rings. The topological polar surface area (TPSA) is 69.6 Å². The number of hydrogen-bond donors (Lipinski definition) is 3. The summed E-state index contributed by atoms with van der Waals surface area (Å²) >= 11 is 0. The fourth-order valence-corrected chi connectivity index (χ4v) is 2.63. The van der Waals surface area contributed by atoms with E-state index in [-0.39, 0.29) is 17.7 Å². The highest BCUT2D eigenvalue weighted by Crippen LogP contribution is 2.06. The van der Waals surface area contributed by atoms with Gasteiger partial charge in [-0.15, -0.1) is 0 Å². The Morgan fingerprint density at radius 3 is 2.14 bits per heavy atom.